The molecule has 2 aromatic heterocycles. The van der Waals surface area contributed by atoms with Crippen molar-refractivity contribution in [2.45, 2.75) is 6.42 Å². The van der Waals surface area contributed by atoms with E-state index >= 15 is 0 Å². The van der Waals surface area contributed by atoms with E-state index in [1.807, 2.05) is 30.5 Å². The number of nitrogens with one attached hydrogen (secondary N) is 2. The molecule has 1 amide bonds. The van der Waals surface area contributed by atoms with E-state index in [9.17, 15) is 9.18 Å². The summed E-state index contributed by atoms with van der Waals surface area (Å²) >= 11 is 6.11. The van der Waals surface area contributed by atoms with Crippen LogP contribution in [0.1, 0.15) is 15.9 Å². The molecule has 2 N–H and O–H groups in total. The summed E-state index contributed by atoms with van der Waals surface area (Å²) < 4.78 is 13.3. The monoisotopic (exact) mass is 367 g/mol. The second kappa shape index (κ2) is 6.77. The van der Waals surface area contributed by atoms with Crippen molar-refractivity contribution in [2.24, 2.45) is 0 Å². The first-order valence-electron chi connectivity index (χ1n) is 8.21. The van der Waals surface area contributed by atoms with Crippen molar-refractivity contribution >= 4 is 39.3 Å². The fourth-order valence-corrected chi connectivity index (χ4v) is 3.25. The molecule has 0 saturated heterocycles. The second-order valence-corrected chi connectivity index (χ2v) is 6.39. The summed E-state index contributed by atoms with van der Waals surface area (Å²) in [5, 5.41) is 4.74. The van der Waals surface area contributed by atoms with E-state index in [4.69, 9.17) is 11.6 Å². The lowest BCUT2D eigenvalue weighted by Crippen LogP contribution is -2.26. The summed E-state index contributed by atoms with van der Waals surface area (Å²) in [5.74, 6) is -0.689. The number of nitrogens with zero attached hydrogens (tertiary/aromatic N) is 1. The van der Waals surface area contributed by atoms with Crippen molar-refractivity contribution in [3.05, 3.63) is 76.8 Å². The molecule has 4 aromatic rings. The molecule has 0 aliphatic heterocycles. The summed E-state index contributed by atoms with van der Waals surface area (Å²) in [7, 11) is 0. The molecule has 130 valence electrons. The van der Waals surface area contributed by atoms with Gasteiger partial charge in [0.15, 0.2) is 0 Å². The number of pyridine rings is 1. The minimum Gasteiger partial charge on any atom is -0.361 e. The van der Waals surface area contributed by atoms with Crippen LogP contribution in [0.5, 0.6) is 0 Å². The molecule has 0 atom stereocenters. The Labute approximate surface area is 154 Å². The largest absolute Gasteiger partial charge is 0.361 e. The van der Waals surface area contributed by atoms with Crippen molar-refractivity contribution in [3.63, 3.8) is 0 Å². The summed E-state index contributed by atoms with van der Waals surface area (Å²) in [5.41, 5.74) is 2.91. The number of aromatic amines is 1. The first-order chi connectivity index (χ1) is 12.6. The Bertz CT molecular complexity index is 1120. The number of para-hydroxylation sites is 1. The minimum atomic E-state index is -0.392. The maximum absolute atomic E-state index is 13.3. The number of carbonyl (C=O) groups excluding carboxylic acids is 1. The Kier molecular flexibility index (Phi) is 4.31. The number of fused-ring (bicyclic) bond motifs is 2. The van der Waals surface area contributed by atoms with Gasteiger partial charge >= 0.3 is 0 Å². The van der Waals surface area contributed by atoms with Crippen LogP contribution in [0.15, 0.2) is 54.7 Å². The van der Waals surface area contributed by atoms with Crippen LogP contribution in [0, 0.1) is 5.82 Å². The maximum atomic E-state index is 13.3. The highest BCUT2D eigenvalue weighted by molar-refractivity contribution is 6.33. The average molecular weight is 368 g/mol. The van der Waals surface area contributed by atoms with Crippen LogP contribution in [0.2, 0.25) is 5.15 Å². The Morgan fingerprint density at radius 1 is 1.19 bits per heavy atom. The van der Waals surface area contributed by atoms with E-state index in [2.05, 4.69) is 15.3 Å². The lowest BCUT2D eigenvalue weighted by molar-refractivity contribution is 0.0954. The van der Waals surface area contributed by atoms with Gasteiger partial charge in [0.1, 0.15) is 11.0 Å². The highest BCUT2D eigenvalue weighted by Crippen LogP contribution is 2.22. The van der Waals surface area contributed by atoms with Crippen molar-refractivity contribution in [2.75, 3.05) is 6.54 Å². The molecular weight excluding hydrogens is 353 g/mol. The molecule has 4 rings (SSSR count). The molecule has 0 unspecified atom stereocenters. The zero-order valence-corrected chi connectivity index (χ0v) is 14.5. The van der Waals surface area contributed by atoms with Crippen LogP contribution in [0.25, 0.3) is 21.8 Å². The van der Waals surface area contributed by atoms with Gasteiger partial charge in [-0.1, -0.05) is 29.8 Å². The van der Waals surface area contributed by atoms with Gasteiger partial charge < -0.3 is 10.3 Å². The number of hydrogen-bond donors (Lipinski definition) is 2. The molecule has 2 heterocycles. The molecule has 4 nitrogen and oxygen atoms in total. The normalized spacial score (nSPS) is 11.2. The molecule has 0 radical (unpaired) electrons. The van der Waals surface area contributed by atoms with E-state index in [-0.39, 0.29) is 16.6 Å². The van der Waals surface area contributed by atoms with Gasteiger partial charge in [0.25, 0.3) is 5.91 Å². The van der Waals surface area contributed by atoms with Crippen molar-refractivity contribution in [3.8, 4) is 0 Å². The summed E-state index contributed by atoms with van der Waals surface area (Å²) in [6, 6.07) is 13.9. The molecule has 0 spiro atoms. The van der Waals surface area contributed by atoms with Gasteiger partial charge in [0, 0.05) is 35.1 Å². The number of halogens is 2. The first kappa shape index (κ1) is 16.5. The fourth-order valence-electron chi connectivity index (χ4n) is 3.02. The minimum absolute atomic E-state index is 0.0627. The number of H-pyrrole nitrogens is 1. The average Bonchev–Trinajstić information content (AvgIpc) is 3.04. The highest BCUT2D eigenvalue weighted by Gasteiger charge is 2.13. The topological polar surface area (TPSA) is 57.8 Å². The molecule has 0 aliphatic rings. The van der Waals surface area contributed by atoms with Gasteiger partial charge in [-0.05, 0) is 36.2 Å². The Balaban J connectivity index is 1.49. The number of rotatable bonds is 4. The molecule has 0 aliphatic carbocycles. The van der Waals surface area contributed by atoms with Gasteiger partial charge in [-0.25, -0.2) is 9.37 Å². The first-order valence-corrected chi connectivity index (χ1v) is 8.58. The maximum Gasteiger partial charge on any atom is 0.254 e. The number of hydrogen-bond acceptors (Lipinski definition) is 2. The lowest BCUT2D eigenvalue weighted by Gasteiger charge is -2.08. The van der Waals surface area contributed by atoms with Crippen molar-refractivity contribution in [1.29, 1.82) is 0 Å². The van der Waals surface area contributed by atoms with Crippen LogP contribution in [-0.2, 0) is 6.42 Å². The number of amides is 1. The van der Waals surface area contributed by atoms with Crippen molar-refractivity contribution in [1.82, 2.24) is 15.3 Å². The van der Waals surface area contributed by atoms with Gasteiger partial charge in [0.05, 0.1) is 11.1 Å². The summed E-state index contributed by atoms with van der Waals surface area (Å²) in [6.07, 6.45) is 2.65. The second-order valence-electron chi connectivity index (χ2n) is 6.03. The smallest absolute Gasteiger partial charge is 0.254 e. The van der Waals surface area contributed by atoms with Crippen LogP contribution in [0.4, 0.5) is 4.39 Å². The highest BCUT2D eigenvalue weighted by atomic mass is 35.5. The standard InChI is InChI=1S/C20H15ClFN3O/c21-19-16(9-12-5-6-14(22)10-18(12)25-19)20(26)23-8-7-13-11-24-17-4-2-1-3-15(13)17/h1-6,9-11,24H,7-8H2,(H,23,26). The molecule has 2 aromatic carbocycles. The van der Waals surface area contributed by atoms with E-state index in [1.54, 1.807) is 12.1 Å². The van der Waals surface area contributed by atoms with Crippen LogP contribution >= 0.6 is 11.6 Å². The molecular formula is C20H15ClFN3O. The van der Waals surface area contributed by atoms with E-state index < -0.39 is 5.82 Å². The van der Waals surface area contributed by atoms with Crippen LogP contribution < -0.4 is 5.32 Å². The third-order valence-electron chi connectivity index (χ3n) is 4.33. The predicted octanol–water partition coefficient (Wildman–Crippen LogP) is 4.48. The van der Waals surface area contributed by atoms with Gasteiger partial charge in [0.2, 0.25) is 0 Å². The quantitative estimate of drug-likeness (QED) is 0.522. The molecule has 0 fully saturated rings. The van der Waals surface area contributed by atoms with Crippen molar-refractivity contribution < 1.29 is 9.18 Å². The third-order valence-corrected chi connectivity index (χ3v) is 4.62. The van der Waals surface area contributed by atoms with Crippen LogP contribution in [-0.4, -0.2) is 22.4 Å². The third kappa shape index (κ3) is 3.13. The molecule has 0 saturated carbocycles. The number of carbonyl (C=O) groups is 1. The van der Waals surface area contributed by atoms with E-state index in [1.165, 1.54) is 12.1 Å². The van der Waals surface area contributed by atoms with Crippen LogP contribution in [0.3, 0.4) is 0 Å². The van der Waals surface area contributed by atoms with Gasteiger partial charge in [-0.2, -0.15) is 0 Å². The molecule has 26 heavy (non-hydrogen) atoms. The zero-order chi connectivity index (χ0) is 18.1. The van der Waals surface area contributed by atoms with E-state index in [0.717, 1.165) is 16.5 Å². The predicted molar refractivity (Wildman–Crippen MR) is 101 cm³/mol. The summed E-state index contributed by atoms with van der Waals surface area (Å²) in [4.78, 5) is 19.8. The number of aromatic nitrogens is 2. The number of benzene rings is 2. The Morgan fingerprint density at radius 2 is 2.04 bits per heavy atom. The van der Waals surface area contributed by atoms with Gasteiger partial charge in [-0.15, -0.1) is 0 Å². The van der Waals surface area contributed by atoms with E-state index in [0.29, 0.717) is 23.9 Å². The molecule has 0 bridgehead atoms. The zero-order valence-electron chi connectivity index (χ0n) is 13.7. The fraction of sp³-hybridized carbons (Fsp3) is 0.100. The Morgan fingerprint density at radius 3 is 2.92 bits per heavy atom. The summed E-state index contributed by atoms with van der Waals surface area (Å²) in [6.45, 7) is 0.471. The SMILES string of the molecule is O=C(NCCc1c[nH]c2ccccc12)c1cc2ccc(F)cc2nc1Cl. The lowest BCUT2D eigenvalue weighted by atomic mass is 10.1. The Hall–Kier alpha value is -2.92. The van der Waals surface area contributed by atoms with Gasteiger partial charge in [-0.3, -0.25) is 4.79 Å². The molecule has 6 heteroatoms.